The van der Waals surface area contributed by atoms with Crippen LogP contribution < -0.4 is 10.6 Å². The number of allylic oxidation sites excluding steroid dienone is 4. The van der Waals surface area contributed by atoms with Crippen LogP contribution in [0.3, 0.4) is 0 Å². The predicted octanol–water partition coefficient (Wildman–Crippen LogP) is 14.8. The summed E-state index contributed by atoms with van der Waals surface area (Å²) in [6.45, 7) is 6.43. The molecule has 0 fully saturated rings. The first-order chi connectivity index (χ1) is 24.6. The maximum atomic E-state index is 12.3. The average molecular weight is 701 g/mol. The summed E-state index contributed by atoms with van der Waals surface area (Å²) in [5.41, 5.74) is 0. The van der Waals surface area contributed by atoms with Crippen LogP contribution in [0.25, 0.3) is 0 Å². The number of hydrogen-bond acceptors (Lipinski definition) is 2. The van der Waals surface area contributed by atoms with Crippen molar-refractivity contribution in [2.75, 3.05) is 0 Å². The molecule has 0 aliphatic rings. The van der Waals surface area contributed by atoms with E-state index in [1.807, 2.05) is 6.92 Å². The van der Waals surface area contributed by atoms with Crippen molar-refractivity contribution < 1.29 is 9.59 Å². The van der Waals surface area contributed by atoms with Crippen LogP contribution in [0, 0.1) is 0 Å². The number of carbonyl (C=O) groups is 2. The van der Waals surface area contributed by atoms with Crippen LogP contribution in [0.2, 0.25) is 0 Å². The summed E-state index contributed by atoms with van der Waals surface area (Å²) in [6.07, 6.45) is 54.6. The predicted molar refractivity (Wildman–Crippen MR) is 222 cm³/mol. The molecule has 0 spiro atoms. The van der Waals surface area contributed by atoms with E-state index in [-0.39, 0.29) is 18.0 Å². The van der Waals surface area contributed by atoms with Crippen LogP contribution in [0.5, 0.6) is 0 Å². The van der Waals surface area contributed by atoms with Gasteiger partial charge >= 0.3 is 0 Å². The van der Waals surface area contributed by atoms with Crippen molar-refractivity contribution in [1.29, 1.82) is 0 Å². The Hall–Kier alpha value is -1.58. The molecule has 0 aliphatic carbocycles. The van der Waals surface area contributed by atoms with Gasteiger partial charge in [0, 0.05) is 12.8 Å². The highest BCUT2D eigenvalue weighted by molar-refractivity contribution is 5.79. The van der Waals surface area contributed by atoms with Crippen molar-refractivity contribution in [2.24, 2.45) is 0 Å². The van der Waals surface area contributed by atoms with E-state index in [1.165, 1.54) is 193 Å². The average Bonchev–Trinajstić information content (AvgIpc) is 3.10. The smallest absolute Gasteiger partial charge is 0.221 e. The van der Waals surface area contributed by atoms with Crippen molar-refractivity contribution in [3.8, 4) is 0 Å². The fourth-order valence-electron chi connectivity index (χ4n) is 6.79. The van der Waals surface area contributed by atoms with Crippen molar-refractivity contribution >= 4 is 11.8 Å². The van der Waals surface area contributed by atoms with E-state index in [1.54, 1.807) is 0 Å². The molecule has 0 saturated heterocycles. The Labute approximate surface area is 313 Å². The first kappa shape index (κ1) is 48.4. The molecule has 0 bridgehead atoms. The first-order valence-corrected chi connectivity index (χ1v) is 22.5. The highest BCUT2D eigenvalue weighted by atomic mass is 16.2. The standard InChI is InChI=1S/C46H88N2O2/c1-4-6-8-10-12-14-16-18-20-22-24-26-28-30-32-34-36-38-40-42-45(49)47-44(3)48-46(50)43-41-39-37-35-33-31-29-27-25-23-21-19-17-15-13-11-9-7-5-2/h18-21,44H,4-17,22-43H2,1-3H3,(H,47,49)(H,48,50)/b20-18-,21-19-. The lowest BCUT2D eigenvalue weighted by Gasteiger charge is -2.16. The third-order valence-electron chi connectivity index (χ3n) is 10.1. The highest BCUT2D eigenvalue weighted by Crippen LogP contribution is 2.14. The molecule has 2 N–H and O–H groups in total. The summed E-state index contributed by atoms with van der Waals surface area (Å²) in [5.74, 6) is 0.109. The molecule has 0 atom stereocenters. The lowest BCUT2D eigenvalue weighted by Crippen LogP contribution is -2.45. The lowest BCUT2D eigenvalue weighted by atomic mass is 10.1. The molecular formula is C46H88N2O2. The second-order valence-corrected chi connectivity index (χ2v) is 15.4. The summed E-state index contributed by atoms with van der Waals surface area (Å²) in [6, 6.07) is 0. The van der Waals surface area contributed by atoms with Crippen LogP contribution in [-0.4, -0.2) is 18.0 Å². The third-order valence-corrected chi connectivity index (χ3v) is 10.1. The normalized spacial score (nSPS) is 11.8. The Balaban J connectivity index is 3.41. The number of unbranched alkanes of at least 4 members (excludes halogenated alkanes) is 30. The second-order valence-electron chi connectivity index (χ2n) is 15.4. The largest absolute Gasteiger partial charge is 0.336 e. The van der Waals surface area contributed by atoms with Gasteiger partial charge in [-0.05, 0) is 71.1 Å². The van der Waals surface area contributed by atoms with E-state index in [0.29, 0.717) is 12.8 Å². The van der Waals surface area contributed by atoms with E-state index in [4.69, 9.17) is 0 Å². The molecule has 0 aromatic rings. The summed E-state index contributed by atoms with van der Waals surface area (Å²) in [7, 11) is 0. The SMILES string of the molecule is CCCCCCCC/C=C\CCCCCCCCCCCC(=O)NC(C)NC(=O)CCCCCCCCCCC/C=C\CCCCCCCC. The van der Waals surface area contributed by atoms with E-state index >= 15 is 0 Å². The Bertz CT molecular complexity index is 699. The van der Waals surface area contributed by atoms with E-state index < -0.39 is 0 Å². The Kier molecular flexibility index (Phi) is 40.5. The topological polar surface area (TPSA) is 58.2 Å². The zero-order chi connectivity index (χ0) is 36.4. The quantitative estimate of drug-likeness (QED) is 0.0380. The fourth-order valence-corrected chi connectivity index (χ4v) is 6.79. The zero-order valence-corrected chi connectivity index (χ0v) is 34.2. The summed E-state index contributed by atoms with van der Waals surface area (Å²) >= 11 is 0. The van der Waals surface area contributed by atoms with Gasteiger partial charge in [0.05, 0.1) is 6.17 Å². The molecule has 50 heavy (non-hydrogen) atoms. The van der Waals surface area contributed by atoms with Gasteiger partial charge in [-0.2, -0.15) is 0 Å². The van der Waals surface area contributed by atoms with Crippen molar-refractivity contribution in [2.45, 2.75) is 258 Å². The summed E-state index contributed by atoms with van der Waals surface area (Å²) in [5, 5.41) is 5.90. The van der Waals surface area contributed by atoms with Gasteiger partial charge in [0.2, 0.25) is 11.8 Å². The lowest BCUT2D eigenvalue weighted by molar-refractivity contribution is -0.124. The molecule has 0 heterocycles. The molecule has 4 heteroatoms. The Morgan fingerprint density at radius 2 is 0.580 bits per heavy atom. The maximum Gasteiger partial charge on any atom is 0.221 e. The molecule has 0 radical (unpaired) electrons. The summed E-state index contributed by atoms with van der Waals surface area (Å²) in [4.78, 5) is 24.6. The van der Waals surface area contributed by atoms with Crippen LogP contribution in [0.15, 0.2) is 24.3 Å². The van der Waals surface area contributed by atoms with E-state index in [0.717, 1.165) is 25.7 Å². The maximum absolute atomic E-state index is 12.3. The minimum Gasteiger partial charge on any atom is -0.336 e. The molecule has 4 nitrogen and oxygen atoms in total. The van der Waals surface area contributed by atoms with Gasteiger partial charge in [-0.1, -0.05) is 192 Å². The minimum atomic E-state index is -0.290. The van der Waals surface area contributed by atoms with Crippen LogP contribution >= 0.6 is 0 Å². The van der Waals surface area contributed by atoms with Crippen molar-refractivity contribution in [3.05, 3.63) is 24.3 Å². The van der Waals surface area contributed by atoms with Gasteiger partial charge < -0.3 is 10.6 Å². The van der Waals surface area contributed by atoms with Crippen molar-refractivity contribution in [3.63, 3.8) is 0 Å². The van der Waals surface area contributed by atoms with Crippen LogP contribution in [0.4, 0.5) is 0 Å². The van der Waals surface area contributed by atoms with Crippen LogP contribution in [-0.2, 0) is 9.59 Å². The number of nitrogens with one attached hydrogen (secondary N) is 2. The molecule has 0 aromatic carbocycles. The highest BCUT2D eigenvalue weighted by Gasteiger charge is 2.10. The van der Waals surface area contributed by atoms with Gasteiger partial charge in [-0.3, -0.25) is 9.59 Å². The molecule has 0 rings (SSSR count). The second kappa shape index (κ2) is 41.8. The van der Waals surface area contributed by atoms with Gasteiger partial charge in [-0.15, -0.1) is 0 Å². The Morgan fingerprint density at radius 1 is 0.360 bits per heavy atom. The fraction of sp³-hybridized carbons (Fsp3) is 0.870. The number of amides is 2. The molecular weight excluding hydrogens is 613 g/mol. The van der Waals surface area contributed by atoms with Gasteiger partial charge in [0.15, 0.2) is 0 Å². The van der Waals surface area contributed by atoms with Crippen LogP contribution in [0.1, 0.15) is 252 Å². The molecule has 0 aromatic heterocycles. The monoisotopic (exact) mass is 701 g/mol. The summed E-state index contributed by atoms with van der Waals surface area (Å²) < 4.78 is 0. The van der Waals surface area contributed by atoms with Gasteiger partial charge in [0.25, 0.3) is 0 Å². The van der Waals surface area contributed by atoms with Crippen molar-refractivity contribution in [1.82, 2.24) is 10.6 Å². The molecule has 0 aliphatic heterocycles. The number of hydrogen-bond donors (Lipinski definition) is 2. The number of carbonyl (C=O) groups excluding carboxylic acids is 2. The molecule has 0 unspecified atom stereocenters. The third kappa shape index (κ3) is 40.8. The zero-order valence-electron chi connectivity index (χ0n) is 34.2. The number of rotatable bonds is 40. The van der Waals surface area contributed by atoms with Gasteiger partial charge in [-0.25, -0.2) is 0 Å². The molecule has 2 amide bonds. The Morgan fingerprint density at radius 3 is 0.840 bits per heavy atom. The minimum absolute atomic E-state index is 0.0544. The first-order valence-electron chi connectivity index (χ1n) is 22.5. The van der Waals surface area contributed by atoms with E-state index in [2.05, 4.69) is 48.8 Å². The molecule has 294 valence electrons. The van der Waals surface area contributed by atoms with Gasteiger partial charge in [0.1, 0.15) is 0 Å². The van der Waals surface area contributed by atoms with E-state index in [9.17, 15) is 9.59 Å². The molecule has 0 saturated carbocycles.